The van der Waals surface area contributed by atoms with Gasteiger partial charge in [-0.2, -0.15) is 5.10 Å². The highest BCUT2D eigenvalue weighted by Gasteiger charge is 2.10. The number of hydrogen-bond acceptors (Lipinski definition) is 4. The van der Waals surface area contributed by atoms with Gasteiger partial charge in [-0.05, 0) is 61.7 Å². The SMILES string of the molecule is O=C(COc1c(Br)cc(Br)cc1Br)N/N=C/c1ccncc1. The summed E-state index contributed by atoms with van der Waals surface area (Å²) in [6.07, 6.45) is 4.83. The van der Waals surface area contributed by atoms with Crippen LogP contribution in [-0.2, 0) is 4.79 Å². The summed E-state index contributed by atoms with van der Waals surface area (Å²) >= 11 is 10.1. The monoisotopic (exact) mass is 489 g/mol. The summed E-state index contributed by atoms with van der Waals surface area (Å²) in [7, 11) is 0. The second-order valence-electron chi connectivity index (χ2n) is 4.06. The van der Waals surface area contributed by atoms with E-state index >= 15 is 0 Å². The summed E-state index contributed by atoms with van der Waals surface area (Å²) in [5.41, 5.74) is 3.24. The van der Waals surface area contributed by atoms with E-state index in [2.05, 4.69) is 63.3 Å². The maximum absolute atomic E-state index is 11.7. The second-order valence-corrected chi connectivity index (χ2v) is 6.69. The minimum absolute atomic E-state index is 0.146. The largest absolute Gasteiger partial charge is 0.481 e. The summed E-state index contributed by atoms with van der Waals surface area (Å²) in [5, 5.41) is 3.85. The fourth-order valence-corrected chi connectivity index (χ4v) is 3.95. The Morgan fingerprint density at radius 1 is 1.23 bits per heavy atom. The first-order chi connectivity index (χ1) is 10.6. The van der Waals surface area contributed by atoms with Gasteiger partial charge in [0, 0.05) is 16.9 Å². The molecule has 1 aromatic carbocycles. The minimum atomic E-state index is -0.355. The molecule has 0 fully saturated rings. The average molecular weight is 492 g/mol. The molecule has 0 bridgehead atoms. The molecule has 1 heterocycles. The van der Waals surface area contributed by atoms with Crippen molar-refractivity contribution in [3.05, 3.63) is 55.6 Å². The second kappa shape index (κ2) is 8.40. The molecule has 1 N–H and O–H groups in total. The summed E-state index contributed by atoms with van der Waals surface area (Å²) in [6.45, 7) is -0.146. The number of hydrazone groups is 1. The molecule has 0 atom stereocenters. The maximum Gasteiger partial charge on any atom is 0.277 e. The third kappa shape index (κ3) is 5.19. The predicted molar refractivity (Wildman–Crippen MR) is 95.0 cm³/mol. The van der Waals surface area contributed by atoms with Crippen LogP contribution in [0.2, 0.25) is 0 Å². The number of benzene rings is 1. The molecule has 0 aliphatic carbocycles. The molecule has 0 aliphatic rings. The smallest absolute Gasteiger partial charge is 0.277 e. The lowest BCUT2D eigenvalue weighted by Crippen LogP contribution is -2.24. The van der Waals surface area contributed by atoms with Gasteiger partial charge in [0.15, 0.2) is 6.61 Å². The van der Waals surface area contributed by atoms with E-state index in [1.54, 1.807) is 24.5 Å². The van der Waals surface area contributed by atoms with Gasteiger partial charge in [0.25, 0.3) is 5.91 Å². The van der Waals surface area contributed by atoms with Crippen molar-refractivity contribution in [3.8, 4) is 5.75 Å². The van der Waals surface area contributed by atoms with Crippen LogP contribution in [0.25, 0.3) is 0 Å². The standard InChI is InChI=1S/C14H10Br3N3O2/c15-10-5-11(16)14(12(17)6-10)22-8-13(21)20-19-7-9-1-3-18-4-2-9/h1-7H,8H2,(H,20,21)/b19-7+. The van der Waals surface area contributed by atoms with Crippen molar-refractivity contribution in [1.29, 1.82) is 0 Å². The van der Waals surface area contributed by atoms with E-state index < -0.39 is 0 Å². The molecule has 114 valence electrons. The Labute approximate surface area is 152 Å². The van der Waals surface area contributed by atoms with Crippen LogP contribution in [0, 0.1) is 0 Å². The van der Waals surface area contributed by atoms with Gasteiger partial charge >= 0.3 is 0 Å². The van der Waals surface area contributed by atoms with Crippen LogP contribution in [-0.4, -0.2) is 23.7 Å². The van der Waals surface area contributed by atoms with E-state index in [4.69, 9.17) is 4.74 Å². The lowest BCUT2D eigenvalue weighted by Gasteiger charge is -2.09. The van der Waals surface area contributed by atoms with Crippen molar-refractivity contribution in [2.75, 3.05) is 6.61 Å². The van der Waals surface area contributed by atoms with E-state index in [1.165, 1.54) is 6.21 Å². The summed E-state index contributed by atoms with van der Waals surface area (Å²) in [5.74, 6) is 0.198. The summed E-state index contributed by atoms with van der Waals surface area (Å²) < 4.78 is 7.85. The molecule has 0 spiro atoms. The Kier molecular flexibility index (Phi) is 6.53. The van der Waals surface area contributed by atoms with Crippen LogP contribution in [0.5, 0.6) is 5.75 Å². The fraction of sp³-hybridized carbons (Fsp3) is 0.0714. The first-order valence-electron chi connectivity index (χ1n) is 6.05. The molecule has 22 heavy (non-hydrogen) atoms. The van der Waals surface area contributed by atoms with Crippen molar-refractivity contribution in [2.45, 2.75) is 0 Å². The average Bonchev–Trinajstić information content (AvgIpc) is 2.47. The summed E-state index contributed by atoms with van der Waals surface area (Å²) in [4.78, 5) is 15.6. The van der Waals surface area contributed by atoms with E-state index in [0.29, 0.717) is 5.75 Å². The van der Waals surface area contributed by atoms with E-state index in [-0.39, 0.29) is 12.5 Å². The van der Waals surface area contributed by atoms with Crippen molar-refractivity contribution >= 4 is 59.9 Å². The third-order valence-electron chi connectivity index (χ3n) is 2.42. The van der Waals surface area contributed by atoms with Gasteiger partial charge in [0.05, 0.1) is 15.2 Å². The first-order valence-corrected chi connectivity index (χ1v) is 8.43. The van der Waals surface area contributed by atoms with Gasteiger partial charge in [-0.3, -0.25) is 9.78 Å². The van der Waals surface area contributed by atoms with Crippen molar-refractivity contribution in [1.82, 2.24) is 10.4 Å². The van der Waals surface area contributed by atoms with E-state index in [1.807, 2.05) is 12.1 Å². The quantitative estimate of drug-likeness (QED) is 0.509. The molecule has 8 heteroatoms. The molecule has 0 unspecified atom stereocenters. The van der Waals surface area contributed by atoms with Gasteiger partial charge < -0.3 is 4.74 Å². The zero-order valence-electron chi connectivity index (χ0n) is 11.1. The van der Waals surface area contributed by atoms with E-state index in [9.17, 15) is 4.79 Å². The van der Waals surface area contributed by atoms with Gasteiger partial charge in [-0.1, -0.05) is 15.9 Å². The highest BCUT2D eigenvalue weighted by atomic mass is 79.9. The molecule has 0 saturated carbocycles. The maximum atomic E-state index is 11.7. The molecule has 1 aromatic heterocycles. The van der Waals surface area contributed by atoms with Crippen molar-refractivity contribution in [2.24, 2.45) is 5.10 Å². The number of carbonyl (C=O) groups is 1. The Bertz CT molecular complexity index is 670. The molecule has 0 aliphatic heterocycles. The molecule has 2 aromatic rings. The van der Waals surface area contributed by atoms with Gasteiger partial charge in [0.2, 0.25) is 0 Å². The van der Waals surface area contributed by atoms with Crippen LogP contribution < -0.4 is 10.2 Å². The highest BCUT2D eigenvalue weighted by Crippen LogP contribution is 2.36. The lowest BCUT2D eigenvalue weighted by molar-refractivity contribution is -0.123. The number of nitrogens with zero attached hydrogens (tertiary/aromatic N) is 2. The minimum Gasteiger partial charge on any atom is -0.481 e. The zero-order valence-corrected chi connectivity index (χ0v) is 15.9. The topological polar surface area (TPSA) is 63.6 Å². The van der Waals surface area contributed by atoms with Crippen LogP contribution in [0.3, 0.4) is 0 Å². The Balaban J connectivity index is 1.87. The number of carbonyl (C=O) groups excluding carboxylic acids is 1. The number of rotatable bonds is 5. The molecule has 0 radical (unpaired) electrons. The van der Waals surface area contributed by atoms with Crippen LogP contribution in [0.4, 0.5) is 0 Å². The Hall–Kier alpha value is -1.25. The normalized spacial score (nSPS) is 10.7. The molecular weight excluding hydrogens is 482 g/mol. The number of pyridine rings is 1. The molecule has 5 nitrogen and oxygen atoms in total. The molecular formula is C14H10Br3N3O2. The Morgan fingerprint density at radius 3 is 2.50 bits per heavy atom. The highest BCUT2D eigenvalue weighted by molar-refractivity contribution is 9.11. The number of hydrogen-bond donors (Lipinski definition) is 1. The Morgan fingerprint density at radius 2 is 1.86 bits per heavy atom. The predicted octanol–water partition coefficient (Wildman–Crippen LogP) is 3.90. The molecule has 1 amide bonds. The molecule has 2 rings (SSSR count). The number of amides is 1. The van der Waals surface area contributed by atoms with Gasteiger partial charge in [-0.25, -0.2) is 5.43 Å². The van der Waals surface area contributed by atoms with E-state index in [0.717, 1.165) is 19.0 Å². The third-order valence-corrected chi connectivity index (χ3v) is 4.06. The van der Waals surface area contributed by atoms with Gasteiger partial charge in [-0.15, -0.1) is 0 Å². The number of halogens is 3. The lowest BCUT2D eigenvalue weighted by atomic mass is 10.3. The molecule has 0 saturated heterocycles. The summed E-state index contributed by atoms with van der Waals surface area (Å²) in [6, 6.07) is 7.23. The fourth-order valence-electron chi connectivity index (χ4n) is 1.47. The number of ether oxygens (including phenoxy) is 1. The van der Waals surface area contributed by atoms with Gasteiger partial charge in [0.1, 0.15) is 5.75 Å². The number of aromatic nitrogens is 1. The number of nitrogens with one attached hydrogen (secondary N) is 1. The van der Waals surface area contributed by atoms with Crippen LogP contribution >= 0.6 is 47.8 Å². The zero-order chi connectivity index (χ0) is 15.9. The van der Waals surface area contributed by atoms with Crippen LogP contribution in [0.15, 0.2) is 55.2 Å². The first kappa shape index (κ1) is 17.1. The van der Waals surface area contributed by atoms with Crippen LogP contribution in [0.1, 0.15) is 5.56 Å². The van der Waals surface area contributed by atoms with Crippen molar-refractivity contribution < 1.29 is 9.53 Å². The van der Waals surface area contributed by atoms with Crippen molar-refractivity contribution in [3.63, 3.8) is 0 Å².